The maximum atomic E-state index is 4.50. The highest BCUT2D eigenvalue weighted by atomic mass is 15.4. The maximum absolute atomic E-state index is 4.50. The van der Waals surface area contributed by atoms with Gasteiger partial charge < -0.3 is 4.57 Å². The van der Waals surface area contributed by atoms with Gasteiger partial charge in [-0.15, -0.1) is 10.2 Å². The lowest BCUT2D eigenvalue weighted by Gasteiger charge is -2.21. The second kappa shape index (κ2) is 5.05. The standard InChI is InChI=1S/C14H18N6/c1-11(18(2)3)20-14-6-12(4-5-13(14)7-17-20)8-19-9-15-16-10-19/h4-7,9-11H,8H2,1-3H3. The number of fused-ring (bicyclic) bond motifs is 1. The summed E-state index contributed by atoms with van der Waals surface area (Å²) in [6, 6.07) is 6.41. The van der Waals surface area contributed by atoms with E-state index in [1.807, 2.05) is 15.4 Å². The molecule has 6 heteroatoms. The first-order valence-electron chi connectivity index (χ1n) is 6.60. The number of aromatic nitrogens is 5. The molecule has 0 bridgehead atoms. The molecule has 0 saturated heterocycles. The predicted octanol–water partition coefficient (Wildman–Crippen LogP) is 1.76. The summed E-state index contributed by atoms with van der Waals surface area (Å²) in [6.45, 7) is 2.91. The molecule has 2 heterocycles. The van der Waals surface area contributed by atoms with Crippen molar-refractivity contribution in [3.05, 3.63) is 42.6 Å². The highest BCUT2D eigenvalue weighted by Gasteiger charge is 2.12. The summed E-state index contributed by atoms with van der Waals surface area (Å²) in [5.41, 5.74) is 2.36. The van der Waals surface area contributed by atoms with Crippen molar-refractivity contribution in [3.63, 3.8) is 0 Å². The molecule has 0 saturated carbocycles. The van der Waals surface area contributed by atoms with E-state index in [0.717, 1.165) is 17.4 Å². The second-order valence-corrected chi connectivity index (χ2v) is 5.21. The quantitative estimate of drug-likeness (QED) is 0.725. The van der Waals surface area contributed by atoms with Crippen LogP contribution in [0.15, 0.2) is 37.1 Å². The van der Waals surface area contributed by atoms with Crippen LogP contribution in [0.5, 0.6) is 0 Å². The molecule has 0 aliphatic heterocycles. The fourth-order valence-electron chi connectivity index (χ4n) is 2.21. The van der Waals surface area contributed by atoms with Crippen molar-refractivity contribution < 1.29 is 0 Å². The van der Waals surface area contributed by atoms with E-state index in [2.05, 4.69) is 59.4 Å². The van der Waals surface area contributed by atoms with Crippen LogP contribution >= 0.6 is 0 Å². The van der Waals surface area contributed by atoms with Crippen molar-refractivity contribution in [3.8, 4) is 0 Å². The molecule has 0 radical (unpaired) electrons. The van der Waals surface area contributed by atoms with Gasteiger partial charge in [0.1, 0.15) is 18.8 Å². The Morgan fingerprint density at radius 3 is 2.65 bits per heavy atom. The molecule has 0 amide bonds. The zero-order chi connectivity index (χ0) is 14.1. The molecule has 3 rings (SSSR count). The van der Waals surface area contributed by atoms with E-state index in [0.29, 0.717) is 0 Å². The Morgan fingerprint density at radius 2 is 1.95 bits per heavy atom. The van der Waals surface area contributed by atoms with Gasteiger partial charge in [-0.25, -0.2) is 4.68 Å². The maximum Gasteiger partial charge on any atom is 0.119 e. The van der Waals surface area contributed by atoms with E-state index in [1.54, 1.807) is 12.7 Å². The summed E-state index contributed by atoms with van der Waals surface area (Å²) in [4.78, 5) is 2.14. The van der Waals surface area contributed by atoms with Gasteiger partial charge in [0.15, 0.2) is 0 Å². The lowest BCUT2D eigenvalue weighted by Crippen LogP contribution is -2.23. The van der Waals surface area contributed by atoms with Crippen LogP contribution in [0.2, 0.25) is 0 Å². The predicted molar refractivity (Wildman–Crippen MR) is 77.3 cm³/mol. The van der Waals surface area contributed by atoms with Crippen LogP contribution in [0.4, 0.5) is 0 Å². The topological polar surface area (TPSA) is 51.8 Å². The van der Waals surface area contributed by atoms with Gasteiger partial charge in [-0.05, 0) is 32.6 Å². The molecule has 2 aromatic heterocycles. The molecule has 3 aromatic rings. The van der Waals surface area contributed by atoms with Crippen LogP contribution in [0.3, 0.4) is 0 Å². The van der Waals surface area contributed by atoms with Gasteiger partial charge in [-0.2, -0.15) is 5.10 Å². The highest BCUT2D eigenvalue weighted by molar-refractivity contribution is 5.79. The molecule has 0 aliphatic carbocycles. The summed E-state index contributed by atoms with van der Waals surface area (Å²) in [5, 5.41) is 13.3. The largest absolute Gasteiger partial charge is 0.316 e. The molecule has 1 aromatic carbocycles. The van der Waals surface area contributed by atoms with Crippen molar-refractivity contribution in [2.75, 3.05) is 14.1 Å². The number of hydrogen-bond acceptors (Lipinski definition) is 4. The fourth-order valence-corrected chi connectivity index (χ4v) is 2.21. The first-order chi connectivity index (χ1) is 9.65. The van der Waals surface area contributed by atoms with E-state index in [4.69, 9.17) is 0 Å². The molecule has 104 valence electrons. The summed E-state index contributed by atoms with van der Waals surface area (Å²) in [6.07, 6.45) is 5.59. The minimum absolute atomic E-state index is 0.220. The Kier molecular flexibility index (Phi) is 3.23. The van der Waals surface area contributed by atoms with E-state index in [1.165, 1.54) is 5.56 Å². The Hall–Kier alpha value is -2.21. The number of hydrogen-bond donors (Lipinski definition) is 0. The van der Waals surface area contributed by atoms with Gasteiger partial charge in [-0.3, -0.25) is 4.90 Å². The molecule has 0 spiro atoms. The Morgan fingerprint density at radius 1 is 1.20 bits per heavy atom. The molecule has 1 unspecified atom stereocenters. The molecule has 20 heavy (non-hydrogen) atoms. The third kappa shape index (κ3) is 2.30. The van der Waals surface area contributed by atoms with Crippen molar-refractivity contribution in [1.29, 1.82) is 0 Å². The molecule has 0 fully saturated rings. The summed E-state index contributed by atoms with van der Waals surface area (Å²) in [5.74, 6) is 0. The van der Waals surface area contributed by atoms with Crippen LogP contribution < -0.4 is 0 Å². The third-order valence-corrected chi connectivity index (χ3v) is 3.60. The van der Waals surface area contributed by atoms with Crippen molar-refractivity contribution in [1.82, 2.24) is 29.4 Å². The normalized spacial score (nSPS) is 13.2. The van der Waals surface area contributed by atoms with Gasteiger partial charge in [0.05, 0.1) is 18.3 Å². The lowest BCUT2D eigenvalue weighted by molar-refractivity contribution is 0.226. The average Bonchev–Trinajstić information content (AvgIpc) is 3.06. The average molecular weight is 270 g/mol. The number of nitrogens with zero attached hydrogens (tertiary/aromatic N) is 6. The van der Waals surface area contributed by atoms with Gasteiger partial charge in [0.25, 0.3) is 0 Å². The summed E-state index contributed by atoms with van der Waals surface area (Å²) < 4.78 is 4.00. The highest BCUT2D eigenvalue weighted by Crippen LogP contribution is 2.20. The third-order valence-electron chi connectivity index (χ3n) is 3.60. The minimum Gasteiger partial charge on any atom is -0.316 e. The van der Waals surface area contributed by atoms with E-state index in [9.17, 15) is 0 Å². The molecule has 6 nitrogen and oxygen atoms in total. The van der Waals surface area contributed by atoms with Gasteiger partial charge in [0.2, 0.25) is 0 Å². The van der Waals surface area contributed by atoms with Crippen LogP contribution in [-0.2, 0) is 6.54 Å². The van der Waals surface area contributed by atoms with Gasteiger partial charge >= 0.3 is 0 Å². The van der Waals surface area contributed by atoms with Gasteiger partial charge in [-0.1, -0.05) is 12.1 Å². The Balaban J connectivity index is 1.98. The number of benzene rings is 1. The lowest BCUT2D eigenvalue weighted by atomic mass is 10.1. The molecule has 0 aliphatic rings. The molecular weight excluding hydrogens is 252 g/mol. The minimum atomic E-state index is 0.220. The monoisotopic (exact) mass is 270 g/mol. The van der Waals surface area contributed by atoms with E-state index >= 15 is 0 Å². The van der Waals surface area contributed by atoms with Crippen LogP contribution in [0.25, 0.3) is 10.9 Å². The zero-order valence-corrected chi connectivity index (χ0v) is 11.9. The van der Waals surface area contributed by atoms with E-state index in [-0.39, 0.29) is 6.17 Å². The molecule has 1 atom stereocenters. The summed E-state index contributed by atoms with van der Waals surface area (Å²) in [7, 11) is 4.11. The zero-order valence-electron chi connectivity index (χ0n) is 11.9. The molecule has 0 N–H and O–H groups in total. The van der Waals surface area contributed by atoms with Crippen molar-refractivity contribution in [2.45, 2.75) is 19.6 Å². The Bertz CT molecular complexity index is 698. The van der Waals surface area contributed by atoms with Crippen molar-refractivity contribution in [2.24, 2.45) is 0 Å². The first-order valence-corrected chi connectivity index (χ1v) is 6.60. The molecular formula is C14H18N6. The van der Waals surface area contributed by atoms with Gasteiger partial charge in [0, 0.05) is 5.39 Å². The fraction of sp³-hybridized carbons (Fsp3) is 0.357. The second-order valence-electron chi connectivity index (χ2n) is 5.21. The first kappa shape index (κ1) is 12.8. The van der Waals surface area contributed by atoms with E-state index < -0.39 is 0 Å². The van der Waals surface area contributed by atoms with Crippen LogP contribution in [0.1, 0.15) is 18.7 Å². The number of rotatable bonds is 4. The SMILES string of the molecule is CC(N(C)C)n1ncc2ccc(Cn3cnnc3)cc21. The summed E-state index contributed by atoms with van der Waals surface area (Å²) >= 11 is 0. The van der Waals surface area contributed by atoms with Crippen LogP contribution in [0, 0.1) is 0 Å². The Labute approximate surface area is 117 Å². The van der Waals surface area contributed by atoms with Crippen LogP contribution in [-0.4, -0.2) is 43.5 Å². The smallest absolute Gasteiger partial charge is 0.119 e. The van der Waals surface area contributed by atoms with Crippen molar-refractivity contribution >= 4 is 10.9 Å².